The first kappa shape index (κ1) is 19.8. The van der Waals surface area contributed by atoms with Crippen molar-refractivity contribution in [2.24, 2.45) is 5.92 Å². The fourth-order valence-corrected chi connectivity index (χ4v) is 4.56. The summed E-state index contributed by atoms with van der Waals surface area (Å²) >= 11 is 0. The summed E-state index contributed by atoms with van der Waals surface area (Å²) in [5.74, 6) is 1.73. The maximum Gasteiger partial charge on any atom is 0.118 e. The first-order valence-electron chi connectivity index (χ1n) is 10.7. The average Bonchev–Trinajstić information content (AvgIpc) is 2.75. The first-order chi connectivity index (χ1) is 14.1. The van der Waals surface area contributed by atoms with Crippen LogP contribution >= 0.6 is 0 Å². The summed E-state index contributed by atoms with van der Waals surface area (Å²) in [5, 5.41) is 2.74. The molecule has 1 saturated heterocycles. The number of anilines is 1. The van der Waals surface area contributed by atoms with E-state index in [9.17, 15) is 0 Å². The number of rotatable bonds is 6. The minimum Gasteiger partial charge on any atom is -0.497 e. The van der Waals surface area contributed by atoms with Crippen molar-refractivity contribution in [3.8, 4) is 5.75 Å². The van der Waals surface area contributed by atoms with Crippen LogP contribution in [-0.2, 0) is 13.0 Å². The summed E-state index contributed by atoms with van der Waals surface area (Å²) in [6.45, 7) is 3.42. The highest BCUT2D eigenvalue weighted by Crippen LogP contribution is 2.30. The lowest BCUT2D eigenvalue weighted by molar-refractivity contribution is 0.177. The lowest BCUT2D eigenvalue weighted by Gasteiger charge is -2.32. The van der Waals surface area contributed by atoms with Gasteiger partial charge in [-0.15, -0.1) is 0 Å². The molecule has 0 bridgehead atoms. The van der Waals surface area contributed by atoms with Gasteiger partial charge in [0.05, 0.1) is 7.11 Å². The van der Waals surface area contributed by atoms with Crippen LogP contribution < -0.4 is 9.64 Å². The predicted molar refractivity (Wildman–Crippen MR) is 123 cm³/mol. The number of hydrogen-bond acceptors (Lipinski definition) is 3. The van der Waals surface area contributed by atoms with Crippen molar-refractivity contribution in [2.75, 3.05) is 39.2 Å². The van der Waals surface area contributed by atoms with E-state index in [0.717, 1.165) is 18.2 Å². The van der Waals surface area contributed by atoms with Crippen LogP contribution in [-0.4, -0.2) is 39.2 Å². The molecule has 0 amide bonds. The van der Waals surface area contributed by atoms with Crippen molar-refractivity contribution in [1.29, 1.82) is 0 Å². The molecule has 1 aliphatic rings. The van der Waals surface area contributed by atoms with E-state index in [-0.39, 0.29) is 0 Å². The zero-order chi connectivity index (χ0) is 20.2. The van der Waals surface area contributed by atoms with Crippen LogP contribution in [0.4, 0.5) is 5.69 Å². The van der Waals surface area contributed by atoms with Crippen molar-refractivity contribution in [3.63, 3.8) is 0 Å². The lowest BCUT2D eigenvalue weighted by atomic mass is 9.90. The molecule has 29 heavy (non-hydrogen) atoms. The fraction of sp³-hybridized carbons (Fsp3) is 0.385. The molecule has 152 valence electrons. The number of ether oxygens (including phenoxy) is 1. The van der Waals surface area contributed by atoms with Gasteiger partial charge in [-0.1, -0.05) is 42.5 Å². The molecule has 1 fully saturated rings. The van der Waals surface area contributed by atoms with Crippen LogP contribution in [0.15, 0.2) is 60.7 Å². The maximum absolute atomic E-state index is 5.27. The van der Waals surface area contributed by atoms with E-state index in [2.05, 4.69) is 84.6 Å². The zero-order valence-electron chi connectivity index (χ0n) is 17.9. The molecule has 0 saturated carbocycles. The van der Waals surface area contributed by atoms with E-state index < -0.39 is 0 Å². The summed E-state index contributed by atoms with van der Waals surface area (Å²) < 4.78 is 5.27. The number of fused-ring (bicyclic) bond motifs is 1. The normalized spacial score (nSPS) is 15.6. The number of hydrogen-bond donors (Lipinski definition) is 0. The van der Waals surface area contributed by atoms with Gasteiger partial charge in [0, 0.05) is 31.7 Å². The van der Waals surface area contributed by atoms with Crippen LogP contribution in [0.1, 0.15) is 24.0 Å². The van der Waals surface area contributed by atoms with Gasteiger partial charge in [-0.25, -0.2) is 0 Å². The second-order valence-corrected chi connectivity index (χ2v) is 8.46. The minimum atomic E-state index is 0.785. The molecule has 0 aliphatic carbocycles. The van der Waals surface area contributed by atoms with Gasteiger partial charge in [0.25, 0.3) is 0 Å². The lowest BCUT2D eigenvalue weighted by Crippen LogP contribution is -2.33. The molecule has 1 heterocycles. The second-order valence-electron chi connectivity index (χ2n) is 8.46. The number of nitrogens with zero attached hydrogens (tertiary/aromatic N) is 2. The number of methoxy groups -OCH3 is 1. The Balaban J connectivity index is 1.39. The van der Waals surface area contributed by atoms with Gasteiger partial charge in [-0.2, -0.15) is 0 Å². The zero-order valence-corrected chi connectivity index (χ0v) is 17.9. The Morgan fingerprint density at radius 2 is 1.59 bits per heavy atom. The molecule has 4 rings (SSSR count). The summed E-state index contributed by atoms with van der Waals surface area (Å²) in [4.78, 5) is 4.83. The minimum absolute atomic E-state index is 0.785. The summed E-state index contributed by atoms with van der Waals surface area (Å²) in [6, 6.07) is 22.0. The Bertz CT molecular complexity index is 941. The smallest absolute Gasteiger partial charge is 0.118 e. The molecule has 0 unspecified atom stereocenters. The van der Waals surface area contributed by atoms with E-state index in [0.29, 0.717) is 0 Å². The first-order valence-corrected chi connectivity index (χ1v) is 10.7. The summed E-state index contributed by atoms with van der Waals surface area (Å²) in [5.41, 5.74) is 4.16. The van der Waals surface area contributed by atoms with Crippen LogP contribution in [0.3, 0.4) is 0 Å². The molecule has 0 radical (unpaired) electrons. The van der Waals surface area contributed by atoms with Crippen LogP contribution in [0, 0.1) is 5.92 Å². The van der Waals surface area contributed by atoms with Gasteiger partial charge < -0.3 is 9.64 Å². The Hall–Kier alpha value is -2.52. The monoisotopic (exact) mass is 388 g/mol. The predicted octanol–water partition coefficient (Wildman–Crippen LogP) is 5.37. The third-order valence-electron chi connectivity index (χ3n) is 6.26. The fourth-order valence-electron chi connectivity index (χ4n) is 4.56. The van der Waals surface area contributed by atoms with Crippen molar-refractivity contribution >= 4 is 16.5 Å². The van der Waals surface area contributed by atoms with Crippen molar-refractivity contribution in [3.05, 3.63) is 71.8 Å². The van der Waals surface area contributed by atoms with Gasteiger partial charge in [0.15, 0.2) is 0 Å². The molecule has 0 atom stereocenters. The third-order valence-corrected chi connectivity index (χ3v) is 6.26. The summed E-state index contributed by atoms with van der Waals surface area (Å²) in [7, 11) is 5.96. The Labute approximate surface area is 174 Å². The molecule has 3 nitrogen and oxygen atoms in total. The quantitative estimate of drug-likeness (QED) is 0.565. The SMILES string of the molecule is COc1ccc(CC2CCN(Cc3ccc(N(C)C)c4ccccc34)CC2)cc1. The molecular weight excluding hydrogens is 356 g/mol. The molecular formula is C26H32N2O. The van der Waals surface area contributed by atoms with E-state index in [1.54, 1.807) is 7.11 Å². The highest BCUT2D eigenvalue weighted by molar-refractivity contribution is 5.96. The standard InChI is InChI=1S/C26H32N2O/c1-27(2)26-13-10-22(24-6-4-5-7-25(24)26)19-28-16-14-21(15-17-28)18-20-8-11-23(29-3)12-9-20/h4-13,21H,14-19H2,1-3H3. The van der Waals surface area contributed by atoms with Crippen LogP contribution in [0.25, 0.3) is 10.8 Å². The Morgan fingerprint density at radius 1 is 0.897 bits per heavy atom. The highest BCUT2D eigenvalue weighted by atomic mass is 16.5. The number of likely N-dealkylation sites (tertiary alicyclic amines) is 1. The molecule has 0 N–H and O–H groups in total. The van der Waals surface area contributed by atoms with E-state index in [1.165, 1.54) is 59.9 Å². The van der Waals surface area contributed by atoms with Crippen molar-refractivity contribution in [2.45, 2.75) is 25.8 Å². The Morgan fingerprint density at radius 3 is 2.24 bits per heavy atom. The molecule has 1 aliphatic heterocycles. The van der Waals surface area contributed by atoms with Gasteiger partial charge >= 0.3 is 0 Å². The molecule has 0 aromatic heterocycles. The van der Waals surface area contributed by atoms with Crippen molar-refractivity contribution in [1.82, 2.24) is 4.90 Å². The second kappa shape index (κ2) is 8.87. The summed E-state index contributed by atoms with van der Waals surface area (Å²) in [6.07, 6.45) is 3.73. The molecule has 3 aromatic carbocycles. The topological polar surface area (TPSA) is 15.7 Å². The maximum atomic E-state index is 5.27. The van der Waals surface area contributed by atoms with Gasteiger partial charge in [-0.3, -0.25) is 4.90 Å². The van der Waals surface area contributed by atoms with Gasteiger partial charge in [-0.05, 0) is 73.0 Å². The van der Waals surface area contributed by atoms with E-state index in [4.69, 9.17) is 4.74 Å². The molecule has 3 heteroatoms. The van der Waals surface area contributed by atoms with Crippen LogP contribution in [0.5, 0.6) is 5.75 Å². The largest absolute Gasteiger partial charge is 0.497 e. The highest BCUT2D eigenvalue weighted by Gasteiger charge is 2.20. The molecule has 0 spiro atoms. The third kappa shape index (κ3) is 4.56. The number of piperidine rings is 1. The molecule has 3 aromatic rings. The number of benzene rings is 3. The van der Waals surface area contributed by atoms with E-state index >= 15 is 0 Å². The Kier molecular flexibility index (Phi) is 6.05. The van der Waals surface area contributed by atoms with Gasteiger partial charge in [0.1, 0.15) is 5.75 Å². The average molecular weight is 389 g/mol. The van der Waals surface area contributed by atoms with Gasteiger partial charge in [0.2, 0.25) is 0 Å². The van der Waals surface area contributed by atoms with E-state index in [1.807, 2.05) is 0 Å². The van der Waals surface area contributed by atoms with Crippen molar-refractivity contribution < 1.29 is 4.74 Å². The van der Waals surface area contributed by atoms with Crippen LogP contribution in [0.2, 0.25) is 0 Å².